The van der Waals surface area contributed by atoms with Gasteiger partial charge in [-0.25, -0.2) is 4.39 Å². The van der Waals surface area contributed by atoms with Crippen molar-refractivity contribution in [3.63, 3.8) is 0 Å². The van der Waals surface area contributed by atoms with Gasteiger partial charge in [-0.05, 0) is 18.2 Å². The lowest BCUT2D eigenvalue weighted by atomic mass is 10.1. The van der Waals surface area contributed by atoms with Crippen molar-refractivity contribution >= 4 is 10.9 Å². The summed E-state index contributed by atoms with van der Waals surface area (Å²) in [6.07, 6.45) is -1.27. The maximum absolute atomic E-state index is 13.4. The number of nitrogens with zero attached hydrogens (tertiary/aromatic N) is 2. The fraction of sp³-hybridized carbons (Fsp3) is 0.389. The first-order chi connectivity index (χ1) is 12.4. The Bertz CT molecular complexity index is 868. The van der Waals surface area contributed by atoms with Crippen molar-refractivity contribution in [1.29, 1.82) is 0 Å². The summed E-state index contributed by atoms with van der Waals surface area (Å²) in [4.78, 5) is 14.1. The molecule has 0 N–H and O–H groups in total. The minimum absolute atomic E-state index is 0.0576. The number of fused-ring (bicyclic) bond motifs is 1. The maximum Gasteiger partial charge on any atom is 0.431 e. The number of rotatable bonds is 4. The Morgan fingerprint density at radius 3 is 2.46 bits per heavy atom. The van der Waals surface area contributed by atoms with Crippen molar-refractivity contribution in [2.45, 2.75) is 12.7 Å². The van der Waals surface area contributed by atoms with Gasteiger partial charge >= 0.3 is 6.18 Å². The molecule has 0 unspecified atom stereocenters. The molecular formula is C18H18F4N2O2. The summed E-state index contributed by atoms with van der Waals surface area (Å²) >= 11 is 0. The van der Waals surface area contributed by atoms with Gasteiger partial charge in [0, 0.05) is 37.6 Å². The first-order valence-corrected chi connectivity index (χ1v) is 8.21. The first kappa shape index (κ1) is 18.6. The maximum atomic E-state index is 13.4. The van der Waals surface area contributed by atoms with E-state index < -0.39 is 23.1 Å². The monoisotopic (exact) mass is 370 g/mol. The van der Waals surface area contributed by atoms with Crippen molar-refractivity contribution in [3.8, 4) is 0 Å². The summed E-state index contributed by atoms with van der Waals surface area (Å²) in [5.74, 6) is -0.663. The Morgan fingerprint density at radius 1 is 1.08 bits per heavy atom. The third-order valence-electron chi connectivity index (χ3n) is 4.29. The smallest absolute Gasteiger partial charge is 0.379 e. The molecule has 0 spiro atoms. The molecule has 0 saturated carbocycles. The van der Waals surface area contributed by atoms with Crippen LogP contribution in [0.25, 0.3) is 10.9 Å². The standard InChI is InChI=1S/C18H18F4N2O2/c19-13-3-4-15-14(11-13)16(25)12-17(18(20,21)22)24(15)6-2-1-5-23-7-9-26-10-8-23/h1-4,11-12H,5-10H2/b2-1+. The minimum Gasteiger partial charge on any atom is -0.379 e. The molecule has 1 saturated heterocycles. The van der Waals surface area contributed by atoms with E-state index in [9.17, 15) is 22.4 Å². The van der Waals surface area contributed by atoms with Crippen LogP contribution in [-0.4, -0.2) is 42.3 Å². The summed E-state index contributed by atoms with van der Waals surface area (Å²) in [6, 6.07) is 3.75. The molecule has 0 radical (unpaired) electrons. The van der Waals surface area contributed by atoms with Gasteiger partial charge in [-0.2, -0.15) is 13.2 Å². The van der Waals surface area contributed by atoms with Crippen LogP contribution in [0, 0.1) is 5.82 Å². The van der Waals surface area contributed by atoms with Crippen molar-refractivity contribution in [3.05, 3.63) is 58.2 Å². The molecule has 1 aliphatic rings. The van der Waals surface area contributed by atoms with Crippen LogP contribution < -0.4 is 5.43 Å². The second-order valence-corrected chi connectivity index (χ2v) is 6.05. The average Bonchev–Trinajstić information content (AvgIpc) is 2.60. The van der Waals surface area contributed by atoms with E-state index in [1.54, 1.807) is 12.2 Å². The Kier molecular flexibility index (Phi) is 5.43. The van der Waals surface area contributed by atoms with E-state index in [2.05, 4.69) is 4.90 Å². The predicted molar refractivity (Wildman–Crippen MR) is 89.6 cm³/mol. The minimum atomic E-state index is -4.68. The van der Waals surface area contributed by atoms with Gasteiger partial charge in [-0.1, -0.05) is 12.2 Å². The number of alkyl halides is 3. The third-order valence-corrected chi connectivity index (χ3v) is 4.29. The number of hydrogen-bond donors (Lipinski definition) is 0. The number of hydrogen-bond acceptors (Lipinski definition) is 3. The number of pyridine rings is 1. The summed E-state index contributed by atoms with van der Waals surface area (Å²) in [7, 11) is 0. The van der Waals surface area contributed by atoms with Crippen LogP contribution in [0.4, 0.5) is 17.6 Å². The van der Waals surface area contributed by atoms with E-state index in [1.807, 2.05) is 0 Å². The Hall–Kier alpha value is -2.19. The molecular weight excluding hydrogens is 352 g/mol. The highest BCUT2D eigenvalue weighted by Crippen LogP contribution is 2.30. The summed E-state index contributed by atoms with van der Waals surface area (Å²) < 4.78 is 59.7. The molecule has 0 bridgehead atoms. The van der Waals surface area contributed by atoms with Crippen LogP contribution in [-0.2, 0) is 17.5 Å². The molecule has 1 aromatic carbocycles. The highest BCUT2D eigenvalue weighted by Gasteiger charge is 2.34. The topological polar surface area (TPSA) is 34.5 Å². The zero-order chi connectivity index (χ0) is 18.7. The van der Waals surface area contributed by atoms with E-state index in [0.29, 0.717) is 25.8 Å². The first-order valence-electron chi connectivity index (χ1n) is 8.21. The van der Waals surface area contributed by atoms with Crippen molar-refractivity contribution in [2.75, 3.05) is 32.8 Å². The van der Waals surface area contributed by atoms with Crippen LogP contribution in [0.3, 0.4) is 0 Å². The van der Waals surface area contributed by atoms with Gasteiger partial charge in [0.25, 0.3) is 0 Å². The van der Waals surface area contributed by atoms with Crippen LogP contribution in [0.2, 0.25) is 0 Å². The van der Waals surface area contributed by atoms with Gasteiger partial charge in [0.2, 0.25) is 0 Å². The van der Waals surface area contributed by atoms with E-state index in [0.717, 1.165) is 29.8 Å². The van der Waals surface area contributed by atoms with E-state index >= 15 is 0 Å². The van der Waals surface area contributed by atoms with Gasteiger partial charge in [0.15, 0.2) is 5.43 Å². The van der Waals surface area contributed by atoms with Gasteiger partial charge in [-0.3, -0.25) is 9.69 Å². The molecule has 4 nitrogen and oxygen atoms in total. The van der Waals surface area contributed by atoms with E-state index in [4.69, 9.17) is 4.74 Å². The highest BCUT2D eigenvalue weighted by atomic mass is 19.4. The number of benzene rings is 1. The molecule has 0 amide bonds. The molecule has 140 valence electrons. The van der Waals surface area contributed by atoms with Gasteiger partial charge in [0.1, 0.15) is 11.5 Å². The largest absolute Gasteiger partial charge is 0.431 e. The molecule has 2 aromatic rings. The van der Waals surface area contributed by atoms with Crippen LogP contribution in [0.5, 0.6) is 0 Å². The number of morpholine rings is 1. The number of allylic oxidation sites excluding steroid dienone is 1. The Morgan fingerprint density at radius 2 is 1.77 bits per heavy atom. The third kappa shape index (κ3) is 4.13. The van der Waals surface area contributed by atoms with Crippen molar-refractivity contribution in [2.24, 2.45) is 0 Å². The van der Waals surface area contributed by atoms with Crippen LogP contribution >= 0.6 is 0 Å². The lowest BCUT2D eigenvalue weighted by molar-refractivity contribution is -0.143. The molecule has 1 aliphatic heterocycles. The number of ether oxygens (including phenoxy) is 1. The molecule has 3 rings (SSSR count). The average molecular weight is 370 g/mol. The Labute approximate surface area is 147 Å². The quantitative estimate of drug-likeness (QED) is 0.613. The van der Waals surface area contributed by atoms with Crippen molar-refractivity contribution in [1.82, 2.24) is 9.47 Å². The molecule has 26 heavy (non-hydrogen) atoms. The molecule has 8 heteroatoms. The van der Waals surface area contributed by atoms with Gasteiger partial charge in [-0.15, -0.1) is 0 Å². The fourth-order valence-corrected chi connectivity index (χ4v) is 2.97. The molecule has 0 atom stereocenters. The summed E-state index contributed by atoms with van der Waals surface area (Å²) in [5, 5.41) is -0.0698. The number of aromatic nitrogens is 1. The lowest BCUT2D eigenvalue weighted by Gasteiger charge is -2.25. The molecule has 1 fully saturated rings. The lowest BCUT2D eigenvalue weighted by Crippen LogP contribution is -2.36. The normalized spacial score (nSPS) is 16.6. The summed E-state index contributed by atoms with van der Waals surface area (Å²) in [5.41, 5.74) is -1.83. The molecule has 2 heterocycles. The van der Waals surface area contributed by atoms with E-state index in [-0.39, 0.29) is 17.4 Å². The highest BCUT2D eigenvalue weighted by molar-refractivity contribution is 5.79. The summed E-state index contributed by atoms with van der Waals surface area (Å²) in [6.45, 7) is 3.37. The van der Waals surface area contributed by atoms with Gasteiger partial charge < -0.3 is 9.30 Å². The number of halogens is 4. The SMILES string of the molecule is O=c1cc(C(F)(F)F)n(C/C=C/CN2CCOCC2)c2ccc(F)cc12. The molecule has 0 aliphatic carbocycles. The zero-order valence-corrected chi connectivity index (χ0v) is 13.9. The fourth-order valence-electron chi connectivity index (χ4n) is 2.97. The van der Waals surface area contributed by atoms with Crippen molar-refractivity contribution < 1.29 is 22.3 Å². The zero-order valence-electron chi connectivity index (χ0n) is 13.9. The van der Waals surface area contributed by atoms with E-state index in [1.165, 1.54) is 6.07 Å². The Balaban J connectivity index is 1.92. The predicted octanol–water partition coefficient (Wildman–Crippen LogP) is 3.05. The molecule has 1 aromatic heterocycles. The van der Waals surface area contributed by atoms with Crippen LogP contribution in [0.1, 0.15) is 5.69 Å². The second kappa shape index (κ2) is 7.59. The second-order valence-electron chi connectivity index (χ2n) is 6.05. The van der Waals surface area contributed by atoms with Gasteiger partial charge in [0.05, 0.1) is 18.7 Å². The van der Waals surface area contributed by atoms with Crippen LogP contribution in [0.15, 0.2) is 41.2 Å².